The predicted molar refractivity (Wildman–Crippen MR) is 73.6 cm³/mol. The minimum absolute atomic E-state index is 0.410. The molecule has 8 heteroatoms. The van der Waals surface area contributed by atoms with E-state index in [1.807, 2.05) is 13.0 Å². The molecule has 0 saturated carbocycles. The van der Waals surface area contributed by atoms with Gasteiger partial charge in [0.05, 0.1) is 5.69 Å². The third-order valence-electron chi connectivity index (χ3n) is 2.25. The Labute approximate surface area is 117 Å². The highest BCUT2D eigenvalue weighted by Gasteiger charge is 2.02. The van der Waals surface area contributed by atoms with Crippen molar-refractivity contribution in [1.29, 1.82) is 5.26 Å². The van der Waals surface area contributed by atoms with Crippen molar-refractivity contribution in [3.63, 3.8) is 0 Å². The topological polar surface area (TPSA) is 98.0 Å². The first-order valence-corrected chi connectivity index (χ1v) is 6.10. The lowest BCUT2D eigenvalue weighted by Crippen LogP contribution is -2.38. The van der Waals surface area contributed by atoms with Crippen LogP contribution in [0.25, 0.3) is 0 Å². The summed E-state index contributed by atoms with van der Waals surface area (Å²) in [5, 5.41) is 25.2. The monoisotopic (exact) mass is 281 g/mol. The standard InChI is InChI=1S/C11H16ClN7/c1-8-5-9(10(12)19-18-8)6-15-3-4-16-11(14-2)17-7-13/h5,15H,3-4,6H2,1-2H3,(H2,14,16,17). The van der Waals surface area contributed by atoms with E-state index in [0.717, 1.165) is 11.3 Å². The molecule has 0 bridgehead atoms. The third kappa shape index (κ3) is 5.50. The molecule has 1 aromatic rings. The minimum Gasteiger partial charge on any atom is -0.354 e. The largest absolute Gasteiger partial charge is 0.354 e. The maximum absolute atomic E-state index is 8.45. The number of nitrogens with zero attached hydrogens (tertiary/aromatic N) is 4. The van der Waals surface area contributed by atoms with E-state index in [1.165, 1.54) is 0 Å². The number of hydrogen-bond donors (Lipinski definition) is 3. The smallest absolute Gasteiger partial charge is 0.204 e. The molecular weight excluding hydrogens is 266 g/mol. The molecule has 0 spiro atoms. The molecule has 0 aliphatic carbocycles. The van der Waals surface area contributed by atoms with Gasteiger partial charge in [-0.2, -0.15) is 10.4 Å². The van der Waals surface area contributed by atoms with Crippen LogP contribution in [-0.4, -0.2) is 36.3 Å². The van der Waals surface area contributed by atoms with Crippen molar-refractivity contribution >= 4 is 17.6 Å². The molecule has 3 N–H and O–H groups in total. The first-order valence-electron chi connectivity index (χ1n) is 5.72. The molecule has 0 amide bonds. The van der Waals surface area contributed by atoms with Crippen molar-refractivity contribution in [3.05, 3.63) is 22.5 Å². The molecular formula is C11H16ClN7. The van der Waals surface area contributed by atoms with Crippen molar-refractivity contribution in [3.8, 4) is 6.19 Å². The SMILES string of the molecule is CN=C(NC#N)NCCNCc1cc(C)nnc1Cl. The van der Waals surface area contributed by atoms with Crippen LogP contribution in [0.5, 0.6) is 0 Å². The van der Waals surface area contributed by atoms with Gasteiger partial charge in [-0.05, 0) is 13.0 Å². The number of nitriles is 1. The second-order valence-electron chi connectivity index (χ2n) is 3.71. The maximum atomic E-state index is 8.45. The van der Waals surface area contributed by atoms with Gasteiger partial charge in [0.1, 0.15) is 0 Å². The van der Waals surface area contributed by atoms with Gasteiger partial charge < -0.3 is 10.6 Å². The summed E-state index contributed by atoms with van der Waals surface area (Å²) < 4.78 is 0. The highest BCUT2D eigenvalue weighted by molar-refractivity contribution is 6.30. The van der Waals surface area contributed by atoms with E-state index < -0.39 is 0 Å². The second kappa shape index (κ2) is 8.24. The zero-order chi connectivity index (χ0) is 14.1. The Morgan fingerprint density at radius 3 is 2.95 bits per heavy atom. The number of rotatable bonds is 5. The predicted octanol–water partition coefficient (Wildman–Crippen LogP) is 0.174. The Kier molecular flexibility index (Phi) is 6.57. The van der Waals surface area contributed by atoms with Gasteiger partial charge in [0, 0.05) is 32.2 Å². The zero-order valence-corrected chi connectivity index (χ0v) is 11.6. The van der Waals surface area contributed by atoms with Crippen LogP contribution in [0.4, 0.5) is 0 Å². The summed E-state index contributed by atoms with van der Waals surface area (Å²) >= 11 is 5.93. The van der Waals surface area contributed by atoms with Crippen molar-refractivity contribution in [2.45, 2.75) is 13.5 Å². The summed E-state index contributed by atoms with van der Waals surface area (Å²) in [4.78, 5) is 3.86. The van der Waals surface area contributed by atoms with Gasteiger partial charge in [-0.3, -0.25) is 10.3 Å². The number of aryl methyl sites for hydroxylation is 1. The molecule has 7 nitrogen and oxygen atoms in total. The maximum Gasteiger partial charge on any atom is 0.204 e. The van der Waals surface area contributed by atoms with Crippen molar-refractivity contribution in [2.24, 2.45) is 4.99 Å². The van der Waals surface area contributed by atoms with Gasteiger partial charge in [-0.15, -0.1) is 5.10 Å². The van der Waals surface area contributed by atoms with Crippen LogP contribution in [0.15, 0.2) is 11.1 Å². The number of hydrogen-bond acceptors (Lipinski definition) is 5. The Balaban J connectivity index is 2.28. The van der Waals surface area contributed by atoms with Crippen LogP contribution in [0.2, 0.25) is 5.15 Å². The van der Waals surface area contributed by atoms with Crippen molar-refractivity contribution in [2.75, 3.05) is 20.1 Å². The number of guanidine groups is 1. The lowest BCUT2D eigenvalue weighted by molar-refractivity contribution is 0.665. The van der Waals surface area contributed by atoms with Crippen LogP contribution in [0, 0.1) is 18.4 Å². The third-order valence-corrected chi connectivity index (χ3v) is 2.57. The van der Waals surface area contributed by atoms with E-state index in [4.69, 9.17) is 16.9 Å². The van der Waals surface area contributed by atoms with E-state index in [0.29, 0.717) is 30.7 Å². The molecule has 0 fully saturated rings. The quantitative estimate of drug-likeness (QED) is 0.234. The number of nitrogens with one attached hydrogen (secondary N) is 3. The lowest BCUT2D eigenvalue weighted by atomic mass is 10.2. The highest BCUT2D eigenvalue weighted by atomic mass is 35.5. The normalized spacial score (nSPS) is 10.9. The second-order valence-corrected chi connectivity index (χ2v) is 4.07. The van der Waals surface area contributed by atoms with Crippen LogP contribution in [-0.2, 0) is 6.54 Å². The molecule has 1 rings (SSSR count). The number of halogens is 1. The summed E-state index contributed by atoms with van der Waals surface area (Å²) in [5.41, 5.74) is 1.74. The summed E-state index contributed by atoms with van der Waals surface area (Å²) in [6, 6.07) is 1.89. The van der Waals surface area contributed by atoms with Gasteiger partial charge in [-0.1, -0.05) is 11.6 Å². The average molecular weight is 282 g/mol. The summed E-state index contributed by atoms with van der Waals surface area (Å²) in [7, 11) is 1.60. The summed E-state index contributed by atoms with van der Waals surface area (Å²) in [6.07, 6.45) is 1.80. The molecule has 0 atom stereocenters. The highest BCUT2D eigenvalue weighted by Crippen LogP contribution is 2.11. The fourth-order valence-electron chi connectivity index (χ4n) is 1.38. The molecule has 0 aliphatic heterocycles. The molecule has 0 aliphatic rings. The Morgan fingerprint density at radius 1 is 1.47 bits per heavy atom. The molecule has 0 aromatic carbocycles. The van der Waals surface area contributed by atoms with Gasteiger partial charge in [0.2, 0.25) is 5.96 Å². The Bertz CT molecular complexity index is 480. The fourth-order valence-corrected chi connectivity index (χ4v) is 1.54. The molecule has 1 aromatic heterocycles. The van der Waals surface area contributed by atoms with E-state index in [2.05, 4.69) is 31.1 Å². The lowest BCUT2D eigenvalue weighted by Gasteiger charge is -2.09. The zero-order valence-electron chi connectivity index (χ0n) is 10.9. The Hall–Kier alpha value is -1.91. The van der Waals surface area contributed by atoms with E-state index in [9.17, 15) is 0 Å². The first-order chi connectivity index (χ1) is 9.17. The van der Waals surface area contributed by atoms with Gasteiger partial charge >= 0.3 is 0 Å². The molecule has 19 heavy (non-hydrogen) atoms. The average Bonchev–Trinajstić information content (AvgIpc) is 2.41. The minimum atomic E-state index is 0.410. The first kappa shape index (κ1) is 15.1. The number of aliphatic imine (C=N–C) groups is 1. The summed E-state index contributed by atoms with van der Waals surface area (Å²) in [6.45, 7) is 3.81. The van der Waals surface area contributed by atoms with Crippen LogP contribution >= 0.6 is 11.6 Å². The van der Waals surface area contributed by atoms with E-state index in [-0.39, 0.29) is 0 Å². The van der Waals surface area contributed by atoms with E-state index >= 15 is 0 Å². The van der Waals surface area contributed by atoms with Crippen molar-refractivity contribution < 1.29 is 0 Å². The van der Waals surface area contributed by atoms with Gasteiger partial charge in [-0.25, -0.2) is 0 Å². The van der Waals surface area contributed by atoms with E-state index in [1.54, 1.807) is 13.2 Å². The van der Waals surface area contributed by atoms with Gasteiger partial charge in [0.15, 0.2) is 11.3 Å². The molecule has 0 unspecified atom stereocenters. The Morgan fingerprint density at radius 2 is 2.26 bits per heavy atom. The van der Waals surface area contributed by atoms with Crippen LogP contribution in [0.3, 0.4) is 0 Å². The van der Waals surface area contributed by atoms with Crippen LogP contribution < -0.4 is 16.0 Å². The van der Waals surface area contributed by atoms with Crippen molar-refractivity contribution in [1.82, 2.24) is 26.1 Å². The molecule has 0 saturated heterocycles. The fraction of sp³-hybridized carbons (Fsp3) is 0.455. The molecule has 102 valence electrons. The molecule has 0 radical (unpaired) electrons. The van der Waals surface area contributed by atoms with Gasteiger partial charge in [0.25, 0.3) is 0 Å². The summed E-state index contributed by atoms with van der Waals surface area (Å²) in [5.74, 6) is 0.448. The molecule has 1 heterocycles. The number of aromatic nitrogens is 2. The van der Waals surface area contributed by atoms with Crippen LogP contribution in [0.1, 0.15) is 11.3 Å².